The van der Waals surface area contributed by atoms with E-state index in [0.717, 1.165) is 17.2 Å². The Morgan fingerprint density at radius 2 is 2.06 bits per heavy atom. The molecule has 8 heteroatoms. The van der Waals surface area contributed by atoms with Gasteiger partial charge in [-0.3, -0.25) is 4.98 Å². The number of alkyl halides is 3. The molecule has 0 aliphatic heterocycles. The van der Waals surface area contributed by atoms with Gasteiger partial charge >= 0.3 is 6.18 Å². The van der Waals surface area contributed by atoms with Gasteiger partial charge in [0.15, 0.2) is 5.69 Å². The molecule has 90 valence electrons. The molecule has 0 bridgehead atoms. The van der Waals surface area contributed by atoms with E-state index in [0.29, 0.717) is 11.2 Å². The summed E-state index contributed by atoms with van der Waals surface area (Å²) in [6, 6.07) is 1.71. The zero-order valence-electron chi connectivity index (χ0n) is 8.62. The number of nitrogens with one attached hydrogen (secondary N) is 1. The Bertz CT molecular complexity index is 523. The molecule has 1 N–H and O–H groups in total. The van der Waals surface area contributed by atoms with Crippen LogP contribution in [0, 0.1) is 6.92 Å². The van der Waals surface area contributed by atoms with Crippen LogP contribution in [0.15, 0.2) is 18.5 Å². The molecular weight excluding hydrogens is 253 g/mol. The number of aromatic nitrogens is 3. The Morgan fingerprint density at radius 1 is 1.29 bits per heavy atom. The molecule has 0 aliphatic rings. The van der Waals surface area contributed by atoms with Gasteiger partial charge in [0.2, 0.25) is 0 Å². The average Bonchev–Trinajstić information content (AvgIpc) is 2.63. The van der Waals surface area contributed by atoms with Gasteiger partial charge in [-0.2, -0.15) is 17.5 Å². The molecule has 17 heavy (non-hydrogen) atoms. The van der Waals surface area contributed by atoms with Crippen LogP contribution in [0.4, 0.5) is 24.0 Å². The topological polar surface area (TPSA) is 50.7 Å². The maximum Gasteiger partial charge on any atom is 0.434 e. The lowest BCUT2D eigenvalue weighted by molar-refractivity contribution is -0.141. The van der Waals surface area contributed by atoms with Crippen molar-refractivity contribution < 1.29 is 13.2 Å². The molecular formula is C9H7F3N4S. The quantitative estimate of drug-likeness (QED) is 0.901. The van der Waals surface area contributed by atoms with Gasteiger partial charge in [0.25, 0.3) is 0 Å². The fourth-order valence-corrected chi connectivity index (χ4v) is 1.78. The lowest BCUT2D eigenvalue weighted by atomic mass is 10.4. The molecule has 0 saturated heterocycles. The first-order chi connectivity index (χ1) is 7.95. The second-order valence-corrected chi connectivity index (χ2v) is 4.05. The van der Waals surface area contributed by atoms with Gasteiger partial charge in [0.05, 0.1) is 18.1 Å². The average molecular weight is 260 g/mol. The van der Waals surface area contributed by atoms with Crippen molar-refractivity contribution >= 4 is 22.4 Å². The minimum atomic E-state index is -4.49. The standard InChI is InChI=1S/C9H7F3N4S/c1-5-2-8(17-16-5)15-7-4-13-3-6(14-7)9(10,11)12/h2-4H,1H3,(H,14,15). The Balaban J connectivity index is 2.22. The lowest BCUT2D eigenvalue weighted by Crippen LogP contribution is -2.09. The van der Waals surface area contributed by atoms with Gasteiger partial charge in [-0.15, -0.1) is 0 Å². The maximum atomic E-state index is 12.4. The van der Waals surface area contributed by atoms with E-state index in [9.17, 15) is 13.2 Å². The molecule has 0 radical (unpaired) electrons. The summed E-state index contributed by atoms with van der Waals surface area (Å²) >= 11 is 1.15. The van der Waals surface area contributed by atoms with E-state index in [2.05, 4.69) is 19.7 Å². The summed E-state index contributed by atoms with van der Waals surface area (Å²) in [5, 5.41) is 3.34. The summed E-state index contributed by atoms with van der Waals surface area (Å²) in [6.45, 7) is 1.79. The monoisotopic (exact) mass is 260 g/mol. The fourth-order valence-electron chi connectivity index (χ4n) is 1.11. The summed E-state index contributed by atoms with van der Waals surface area (Å²) in [4.78, 5) is 6.92. The van der Waals surface area contributed by atoms with Gasteiger partial charge in [-0.1, -0.05) is 0 Å². The first-order valence-corrected chi connectivity index (χ1v) is 5.32. The lowest BCUT2D eigenvalue weighted by Gasteiger charge is -2.07. The second-order valence-electron chi connectivity index (χ2n) is 3.24. The Morgan fingerprint density at radius 3 is 2.65 bits per heavy atom. The second kappa shape index (κ2) is 4.28. The van der Waals surface area contributed by atoms with E-state index in [1.807, 2.05) is 0 Å². The summed E-state index contributed by atoms with van der Waals surface area (Å²) in [5.74, 6) is 0.0449. The minimum Gasteiger partial charge on any atom is -0.329 e. The van der Waals surface area contributed by atoms with E-state index in [-0.39, 0.29) is 5.82 Å². The van der Waals surface area contributed by atoms with Crippen LogP contribution in [0.5, 0.6) is 0 Å². The summed E-state index contributed by atoms with van der Waals surface area (Å²) < 4.78 is 41.1. The minimum absolute atomic E-state index is 0.0449. The first-order valence-electron chi connectivity index (χ1n) is 4.55. The highest BCUT2D eigenvalue weighted by Crippen LogP contribution is 2.28. The van der Waals surface area contributed by atoms with E-state index in [1.165, 1.54) is 6.20 Å². The van der Waals surface area contributed by atoms with Crippen molar-refractivity contribution in [3.8, 4) is 0 Å². The van der Waals surface area contributed by atoms with Crippen LogP contribution >= 0.6 is 11.5 Å². The van der Waals surface area contributed by atoms with E-state index < -0.39 is 11.9 Å². The first kappa shape index (κ1) is 11.8. The third-order valence-corrected chi connectivity index (χ3v) is 2.60. The molecule has 0 fully saturated rings. The van der Waals surface area contributed by atoms with E-state index in [4.69, 9.17) is 0 Å². The zero-order chi connectivity index (χ0) is 12.5. The number of aryl methyl sites for hydroxylation is 1. The highest BCUT2D eigenvalue weighted by atomic mass is 32.1. The molecule has 2 rings (SSSR count). The number of hydrogen-bond donors (Lipinski definition) is 1. The molecule has 0 saturated carbocycles. The van der Waals surface area contributed by atoms with Gasteiger partial charge < -0.3 is 5.32 Å². The SMILES string of the molecule is Cc1cc(Nc2cncc(C(F)(F)F)n2)sn1. The van der Waals surface area contributed by atoms with Crippen LogP contribution in [0.1, 0.15) is 11.4 Å². The molecule has 2 heterocycles. The van der Waals surface area contributed by atoms with Crippen LogP contribution in [0.3, 0.4) is 0 Å². The predicted molar refractivity (Wildman–Crippen MR) is 57.2 cm³/mol. The number of anilines is 2. The van der Waals surface area contributed by atoms with Crippen molar-refractivity contribution in [2.75, 3.05) is 5.32 Å². The predicted octanol–water partition coefficient (Wildman–Crippen LogP) is 3.00. The van der Waals surface area contributed by atoms with E-state index in [1.54, 1.807) is 13.0 Å². The fraction of sp³-hybridized carbons (Fsp3) is 0.222. The number of nitrogens with zero attached hydrogens (tertiary/aromatic N) is 3. The van der Waals surface area contributed by atoms with Crippen LogP contribution in [-0.4, -0.2) is 14.3 Å². The smallest absolute Gasteiger partial charge is 0.329 e. The summed E-state index contributed by atoms with van der Waals surface area (Å²) in [5.41, 5.74) is -0.235. The van der Waals surface area contributed by atoms with Crippen LogP contribution in [0.2, 0.25) is 0 Å². The molecule has 2 aromatic rings. The normalized spacial score (nSPS) is 11.5. The Labute approximate surface area is 98.7 Å². The van der Waals surface area contributed by atoms with Crippen LogP contribution in [-0.2, 0) is 6.18 Å². The molecule has 0 spiro atoms. The third-order valence-electron chi connectivity index (χ3n) is 1.80. The van der Waals surface area contributed by atoms with Crippen LogP contribution < -0.4 is 5.32 Å². The third kappa shape index (κ3) is 2.90. The van der Waals surface area contributed by atoms with Gasteiger partial charge in [0, 0.05) is 0 Å². The Hall–Kier alpha value is -1.70. The largest absolute Gasteiger partial charge is 0.434 e. The molecule has 0 unspecified atom stereocenters. The zero-order valence-corrected chi connectivity index (χ0v) is 9.43. The van der Waals surface area contributed by atoms with Gasteiger partial charge in [-0.25, -0.2) is 4.98 Å². The number of hydrogen-bond acceptors (Lipinski definition) is 5. The summed E-state index contributed by atoms with van der Waals surface area (Å²) in [7, 11) is 0. The molecule has 4 nitrogen and oxygen atoms in total. The van der Waals surface area contributed by atoms with Crippen molar-refractivity contribution in [1.82, 2.24) is 14.3 Å². The molecule has 2 aromatic heterocycles. The van der Waals surface area contributed by atoms with Gasteiger partial charge in [0.1, 0.15) is 10.8 Å². The van der Waals surface area contributed by atoms with Crippen molar-refractivity contribution in [2.45, 2.75) is 13.1 Å². The van der Waals surface area contributed by atoms with Crippen molar-refractivity contribution in [2.24, 2.45) is 0 Å². The number of rotatable bonds is 2. The van der Waals surface area contributed by atoms with Crippen LogP contribution in [0.25, 0.3) is 0 Å². The van der Waals surface area contributed by atoms with Gasteiger partial charge in [-0.05, 0) is 24.5 Å². The molecule has 0 aromatic carbocycles. The molecule has 0 aliphatic carbocycles. The molecule has 0 atom stereocenters. The molecule has 0 amide bonds. The maximum absolute atomic E-state index is 12.4. The number of halogens is 3. The van der Waals surface area contributed by atoms with Crippen molar-refractivity contribution in [3.05, 3.63) is 29.8 Å². The highest BCUT2D eigenvalue weighted by molar-refractivity contribution is 7.10. The highest BCUT2D eigenvalue weighted by Gasteiger charge is 2.33. The van der Waals surface area contributed by atoms with Crippen molar-refractivity contribution in [1.29, 1.82) is 0 Å². The van der Waals surface area contributed by atoms with Crippen molar-refractivity contribution in [3.63, 3.8) is 0 Å². The van der Waals surface area contributed by atoms with E-state index >= 15 is 0 Å². The summed E-state index contributed by atoms with van der Waals surface area (Å²) in [6.07, 6.45) is -2.58. The Kier molecular flexibility index (Phi) is 2.97.